The van der Waals surface area contributed by atoms with Gasteiger partial charge in [-0.2, -0.15) is 0 Å². The highest BCUT2D eigenvalue weighted by Gasteiger charge is 2.13. The second kappa shape index (κ2) is 7.47. The molecule has 0 aromatic heterocycles. The van der Waals surface area contributed by atoms with Crippen LogP contribution in [0.5, 0.6) is 0 Å². The van der Waals surface area contributed by atoms with E-state index in [0.717, 1.165) is 6.54 Å². The first-order valence-electron chi connectivity index (χ1n) is 4.71. The van der Waals surface area contributed by atoms with E-state index in [4.69, 9.17) is 4.74 Å². The summed E-state index contributed by atoms with van der Waals surface area (Å²) in [6.07, 6.45) is 0. The lowest BCUT2D eigenvalue weighted by Crippen LogP contribution is -2.38. The number of rotatable bonds is 7. The summed E-state index contributed by atoms with van der Waals surface area (Å²) in [4.78, 5) is 0. The minimum atomic E-state index is -0.747. The molecule has 1 N–H and O–H groups in total. The third-order valence-electron chi connectivity index (χ3n) is 1.75. The highest BCUT2D eigenvalue weighted by molar-refractivity contribution is 7.85. The SMILES string of the molecule is CCNC(COC)CS(=O)C(C)C. The van der Waals surface area contributed by atoms with E-state index in [2.05, 4.69) is 5.32 Å². The van der Waals surface area contributed by atoms with Crippen LogP contribution < -0.4 is 5.32 Å². The Morgan fingerprint density at radius 3 is 2.46 bits per heavy atom. The maximum atomic E-state index is 11.5. The van der Waals surface area contributed by atoms with E-state index in [-0.39, 0.29) is 11.3 Å². The van der Waals surface area contributed by atoms with Gasteiger partial charge in [0.05, 0.1) is 6.61 Å². The van der Waals surface area contributed by atoms with Crippen molar-refractivity contribution in [2.45, 2.75) is 32.1 Å². The summed E-state index contributed by atoms with van der Waals surface area (Å²) in [5.41, 5.74) is 0. The van der Waals surface area contributed by atoms with Gasteiger partial charge in [0, 0.05) is 35.0 Å². The van der Waals surface area contributed by atoms with Gasteiger partial charge in [-0.15, -0.1) is 0 Å². The van der Waals surface area contributed by atoms with Gasteiger partial charge in [0.25, 0.3) is 0 Å². The number of likely N-dealkylation sites (N-methyl/N-ethyl adjacent to an activating group) is 1. The summed E-state index contributed by atoms with van der Waals surface area (Å²) >= 11 is 0. The number of hydrogen-bond donors (Lipinski definition) is 1. The average molecular weight is 207 g/mol. The number of hydrogen-bond acceptors (Lipinski definition) is 3. The molecular formula is C9H21NO2S. The molecule has 0 rings (SSSR count). The first kappa shape index (κ1) is 13.1. The molecule has 0 heterocycles. The largest absolute Gasteiger partial charge is 0.383 e. The lowest BCUT2D eigenvalue weighted by molar-refractivity contribution is 0.174. The van der Waals surface area contributed by atoms with Crippen LogP contribution in [0.4, 0.5) is 0 Å². The van der Waals surface area contributed by atoms with Crippen LogP contribution in [0.1, 0.15) is 20.8 Å². The lowest BCUT2D eigenvalue weighted by atomic mass is 10.3. The highest BCUT2D eigenvalue weighted by atomic mass is 32.2. The Bertz CT molecular complexity index is 145. The molecule has 0 aliphatic heterocycles. The Balaban J connectivity index is 3.86. The van der Waals surface area contributed by atoms with E-state index in [1.54, 1.807) is 7.11 Å². The fourth-order valence-electron chi connectivity index (χ4n) is 1.05. The first-order valence-corrected chi connectivity index (χ1v) is 6.09. The molecular weight excluding hydrogens is 186 g/mol. The Morgan fingerprint density at radius 2 is 2.08 bits per heavy atom. The average Bonchev–Trinajstić information content (AvgIpc) is 2.05. The molecule has 0 radical (unpaired) electrons. The number of methoxy groups -OCH3 is 1. The first-order chi connectivity index (χ1) is 6.11. The van der Waals surface area contributed by atoms with E-state index >= 15 is 0 Å². The van der Waals surface area contributed by atoms with Crippen LogP contribution in [-0.4, -0.2) is 41.5 Å². The maximum absolute atomic E-state index is 11.5. The van der Waals surface area contributed by atoms with Crippen LogP contribution in [0.3, 0.4) is 0 Å². The van der Waals surface area contributed by atoms with Crippen LogP contribution in [0, 0.1) is 0 Å². The Hall–Kier alpha value is 0.0700. The van der Waals surface area contributed by atoms with E-state index < -0.39 is 10.8 Å². The molecule has 13 heavy (non-hydrogen) atoms. The van der Waals surface area contributed by atoms with E-state index in [1.807, 2.05) is 20.8 Å². The fourth-order valence-corrected chi connectivity index (χ4v) is 2.04. The molecule has 4 heteroatoms. The van der Waals surface area contributed by atoms with Crippen molar-refractivity contribution in [1.82, 2.24) is 5.32 Å². The van der Waals surface area contributed by atoms with Gasteiger partial charge in [-0.3, -0.25) is 4.21 Å². The molecule has 0 amide bonds. The van der Waals surface area contributed by atoms with Crippen LogP contribution in [0.2, 0.25) is 0 Å². The van der Waals surface area contributed by atoms with Crippen molar-refractivity contribution in [2.75, 3.05) is 26.0 Å². The molecule has 0 fully saturated rings. The highest BCUT2D eigenvalue weighted by Crippen LogP contribution is 1.98. The summed E-state index contributed by atoms with van der Waals surface area (Å²) in [5.74, 6) is 0.680. The van der Waals surface area contributed by atoms with Crippen LogP contribution >= 0.6 is 0 Å². The zero-order chi connectivity index (χ0) is 10.3. The third kappa shape index (κ3) is 6.18. The molecule has 0 aliphatic carbocycles. The van der Waals surface area contributed by atoms with Crippen molar-refractivity contribution in [1.29, 1.82) is 0 Å². The van der Waals surface area contributed by atoms with Crippen molar-refractivity contribution in [2.24, 2.45) is 0 Å². The van der Waals surface area contributed by atoms with Crippen molar-refractivity contribution >= 4 is 10.8 Å². The summed E-state index contributed by atoms with van der Waals surface area (Å²) in [6.45, 7) is 7.52. The second-order valence-corrected chi connectivity index (χ2v) is 5.34. The van der Waals surface area contributed by atoms with Gasteiger partial charge < -0.3 is 10.1 Å². The number of ether oxygens (including phenoxy) is 1. The van der Waals surface area contributed by atoms with Crippen molar-refractivity contribution in [3.8, 4) is 0 Å². The fraction of sp³-hybridized carbons (Fsp3) is 1.00. The van der Waals surface area contributed by atoms with E-state index in [0.29, 0.717) is 12.4 Å². The molecule has 0 spiro atoms. The van der Waals surface area contributed by atoms with E-state index in [1.165, 1.54) is 0 Å². The third-order valence-corrected chi connectivity index (χ3v) is 3.53. The molecule has 2 unspecified atom stereocenters. The Labute approximate surface area is 83.7 Å². The van der Waals surface area contributed by atoms with Gasteiger partial charge in [-0.05, 0) is 6.54 Å². The topological polar surface area (TPSA) is 38.3 Å². The predicted octanol–water partition coefficient (Wildman–Crippen LogP) is 0.768. The predicted molar refractivity (Wildman–Crippen MR) is 57.5 cm³/mol. The monoisotopic (exact) mass is 207 g/mol. The summed E-state index contributed by atoms with van der Waals surface area (Å²) < 4.78 is 16.6. The lowest BCUT2D eigenvalue weighted by Gasteiger charge is -2.17. The van der Waals surface area contributed by atoms with Crippen molar-refractivity contribution in [3.05, 3.63) is 0 Å². The van der Waals surface area contributed by atoms with Crippen LogP contribution in [0.25, 0.3) is 0 Å². The van der Waals surface area contributed by atoms with Gasteiger partial charge in [0.1, 0.15) is 0 Å². The summed E-state index contributed by atoms with van der Waals surface area (Å²) in [7, 11) is 0.922. The molecule has 0 aliphatic rings. The summed E-state index contributed by atoms with van der Waals surface area (Å²) in [6, 6.07) is 0.221. The maximum Gasteiger partial charge on any atom is 0.0624 e. The Morgan fingerprint density at radius 1 is 1.46 bits per heavy atom. The molecule has 0 bridgehead atoms. The van der Waals surface area contributed by atoms with Gasteiger partial charge in [-0.1, -0.05) is 20.8 Å². The van der Waals surface area contributed by atoms with Gasteiger partial charge >= 0.3 is 0 Å². The van der Waals surface area contributed by atoms with Crippen molar-refractivity contribution in [3.63, 3.8) is 0 Å². The molecule has 3 nitrogen and oxygen atoms in total. The molecule has 0 saturated heterocycles. The van der Waals surface area contributed by atoms with Gasteiger partial charge in [0.2, 0.25) is 0 Å². The molecule has 0 aromatic rings. The zero-order valence-electron chi connectivity index (χ0n) is 9.00. The van der Waals surface area contributed by atoms with Crippen molar-refractivity contribution < 1.29 is 8.95 Å². The molecule has 80 valence electrons. The molecule has 2 atom stereocenters. The van der Waals surface area contributed by atoms with E-state index in [9.17, 15) is 4.21 Å². The minimum absolute atomic E-state index is 0.221. The second-order valence-electron chi connectivity index (χ2n) is 3.31. The summed E-state index contributed by atoms with van der Waals surface area (Å²) in [5, 5.41) is 3.49. The standard InChI is InChI=1S/C9H21NO2S/c1-5-10-9(6-12-4)7-13(11)8(2)3/h8-10H,5-7H2,1-4H3. The number of nitrogens with one attached hydrogen (secondary N) is 1. The molecule has 0 aromatic carbocycles. The Kier molecular flexibility index (Phi) is 7.51. The quantitative estimate of drug-likeness (QED) is 0.670. The minimum Gasteiger partial charge on any atom is -0.383 e. The van der Waals surface area contributed by atoms with Gasteiger partial charge in [0.15, 0.2) is 0 Å². The zero-order valence-corrected chi connectivity index (χ0v) is 9.82. The smallest absolute Gasteiger partial charge is 0.0624 e. The van der Waals surface area contributed by atoms with Gasteiger partial charge in [-0.25, -0.2) is 0 Å². The van der Waals surface area contributed by atoms with Crippen LogP contribution in [0.15, 0.2) is 0 Å². The van der Waals surface area contributed by atoms with Crippen LogP contribution in [-0.2, 0) is 15.5 Å². The normalized spacial score (nSPS) is 16.1. The molecule has 0 saturated carbocycles.